The minimum Gasteiger partial charge on any atom is -0.378 e. The summed E-state index contributed by atoms with van der Waals surface area (Å²) in [4.78, 5) is 15.3. The fourth-order valence-corrected chi connectivity index (χ4v) is 4.47. The minimum absolute atomic E-state index is 0.157. The van der Waals surface area contributed by atoms with Crippen molar-refractivity contribution < 1.29 is 19.0 Å². The fraction of sp³-hybridized carbons (Fsp3) is 0.667. The second-order valence-electron chi connectivity index (χ2n) is 7.70. The second kappa shape index (κ2) is 8.61. The summed E-state index contributed by atoms with van der Waals surface area (Å²) in [6, 6.07) is 11.3. The normalized spacial score (nSPS) is 30.2. The Morgan fingerprint density at radius 2 is 1.73 bits per heavy atom. The van der Waals surface area contributed by atoms with E-state index in [-0.39, 0.29) is 12.2 Å². The van der Waals surface area contributed by atoms with E-state index in [9.17, 15) is 4.79 Å². The van der Waals surface area contributed by atoms with Crippen LogP contribution in [0, 0.1) is 5.92 Å². The van der Waals surface area contributed by atoms with Crippen molar-refractivity contribution in [3.8, 4) is 0 Å². The topological polar surface area (TPSA) is 48.0 Å². The van der Waals surface area contributed by atoms with Crippen LogP contribution in [0.1, 0.15) is 37.7 Å². The molecule has 5 nitrogen and oxygen atoms in total. The summed E-state index contributed by atoms with van der Waals surface area (Å²) < 4.78 is 16.9. The molecule has 3 heterocycles. The number of rotatable bonds is 6. The van der Waals surface area contributed by atoms with Crippen molar-refractivity contribution in [1.82, 2.24) is 4.90 Å². The Kier molecular flexibility index (Phi) is 6.00. The highest BCUT2D eigenvalue weighted by Gasteiger charge is 2.41. The third-order valence-corrected chi connectivity index (χ3v) is 5.86. The van der Waals surface area contributed by atoms with Gasteiger partial charge in [0.2, 0.25) is 0 Å². The molecule has 0 radical (unpaired) electrons. The Bertz CT molecular complexity index is 573. The van der Waals surface area contributed by atoms with E-state index in [1.165, 1.54) is 5.56 Å². The lowest BCUT2D eigenvalue weighted by molar-refractivity contribution is -0.182. The Hall–Kier alpha value is -1.27. The number of nitrogens with zero attached hydrogens (tertiary/aromatic N) is 1. The largest absolute Gasteiger partial charge is 0.378 e. The summed E-state index contributed by atoms with van der Waals surface area (Å²) in [5.41, 5.74) is 1.33. The average Bonchev–Trinajstić information content (AvgIpc) is 2.67. The smallest absolute Gasteiger partial charge is 0.157 e. The van der Waals surface area contributed by atoms with Gasteiger partial charge in [0.25, 0.3) is 0 Å². The van der Waals surface area contributed by atoms with E-state index in [1.54, 1.807) is 0 Å². The van der Waals surface area contributed by atoms with Gasteiger partial charge >= 0.3 is 0 Å². The van der Waals surface area contributed by atoms with Crippen LogP contribution in [0.5, 0.6) is 0 Å². The fourth-order valence-electron chi connectivity index (χ4n) is 4.47. The third-order valence-electron chi connectivity index (χ3n) is 5.86. The van der Waals surface area contributed by atoms with E-state index in [0.717, 1.165) is 52.2 Å². The summed E-state index contributed by atoms with van der Waals surface area (Å²) in [5.74, 6) is 0.531. The average molecular weight is 359 g/mol. The number of morpholine rings is 1. The molecular formula is C21H29NO4. The number of Topliss-reactive ketones (excluding diaryl/α,β-unsaturated/α-hetero) is 1. The van der Waals surface area contributed by atoms with Crippen LogP contribution < -0.4 is 0 Å². The molecule has 2 unspecified atom stereocenters. The van der Waals surface area contributed by atoms with Crippen molar-refractivity contribution in [3.05, 3.63) is 35.9 Å². The summed E-state index contributed by atoms with van der Waals surface area (Å²) >= 11 is 0. The number of hydrogen-bond donors (Lipinski definition) is 0. The number of hydrogen-bond acceptors (Lipinski definition) is 5. The Morgan fingerprint density at radius 3 is 2.42 bits per heavy atom. The molecule has 5 heteroatoms. The van der Waals surface area contributed by atoms with E-state index in [4.69, 9.17) is 14.2 Å². The van der Waals surface area contributed by atoms with Crippen LogP contribution in [0.4, 0.5) is 0 Å². The van der Waals surface area contributed by atoms with Gasteiger partial charge in [-0.1, -0.05) is 30.3 Å². The van der Waals surface area contributed by atoms with Gasteiger partial charge in [0.15, 0.2) is 6.29 Å². The first kappa shape index (κ1) is 18.1. The van der Waals surface area contributed by atoms with Crippen LogP contribution >= 0.6 is 0 Å². The molecule has 0 saturated carbocycles. The maximum Gasteiger partial charge on any atom is 0.157 e. The van der Waals surface area contributed by atoms with Crippen LogP contribution in [0.15, 0.2) is 30.3 Å². The molecule has 3 aliphatic heterocycles. The molecule has 26 heavy (non-hydrogen) atoms. The van der Waals surface area contributed by atoms with Gasteiger partial charge in [-0.25, -0.2) is 0 Å². The highest BCUT2D eigenvalue weighted by molar-refractivity contribution is 5.81. The maximum atomic E-state index is 12.8. The SMILES string of the molecule is O=C(CCC1OCCCO1)C1CC2COCC(C1)N2Cc1ccccc1. The zero-order valence-corrected chi connectivity index (χ0v) is 15.3. The number of carbonyl (C=O) groups excluding carboxylic acids is 1. The molecule has 0 spiro atoms. The van der Waals surface area contributed by atoms with E-state index in [1.807, 2.05) is 0 Å². The Balaban J connectivity index is 1.32. The van der Waals surface area contributed by atoms with E-state index >= 15 is 0 Å². The molecule has 4 rings (SSSR count). The van der Waals surface area contributed by atoms with Crippen molar-refractivity contribution in [2.24, 2.45) is 5.92 Å². The zero-order valence-electron chi connectivity index (χ0n) is 15.3. The monoisotopic (exact) mass is 359 g/mol. The number of ketones is 1. The van der Waals surface area contributed by atoms with Crippen LogP contribution in [-0.2, 0) is 25.5 Å². The van der Waals surface area contributed by atoms with Crippen molar-refractivity contribution in [2.75, 3.05) is 26.4 Å². The molecule has 0 aliphatic carbocycles. The van der Waals surface area contributed by atoms with E-state index in [2.05, 4.69) is 35.2 Å². The first-order valence-corrected chi connectivity index (χ1v) is 9.93. The molecule has 2 atom stereocenters. The van der Waals surface area contributed by atoms with Gasteiger partial charge in [0, 0.05) is 37.4 Å². The number of carbonyl (C=O) groups is 1. The lowest BCUT2D eigenvalue weighted by Crippen LogP contribution is -2.57. The predicted molar refractivity (Wildman–Crippen MR) is 97.7 cm³/mol. The van der Waals surface area contributed by atoms with Gasteiger partial charge in [-0.2, -0.15) is 0 Å². The van der Waals surface area contributed by atoms with Crippen LogP contribution in [0.3, 0.4) is 0 Å². The van der Waals surface area contributed by atoms with Crippen molar-refractivity contribution in [1.29, 1.82) is 0 Å². The molecule has 1 aromatic carbocycles. The molecule has 0 aromatic heterocycles. The molecule has 3 saturated heterocycles. The number of piperidine rings is 1. The molecule has 142 valence electrons. The molecule has 2 bridgehead atoms. The highest BCUT2D eigenvalue weighted by atomic mass is 16.7. The van der Waals surface area contributed by atoms with Gasteiger partial charge < -0.3 is 14.2 Å². The summed E-state index contributed by atoms with van der Waals surface area (Å²) in [6.07, 6.45) is 3.84. The Morgan fingerprint density at radius 1 is 1.04 bits per heavy atom. The third kappa shape index (κ3) is 4.34. The number of fused-ring (bicyclic) bond motifs is 2. The highest BCUT2D eigenvalue weighted by Crippen LogP contribution is 2.34. The first-order valence-electron chi connectivity index (χ1n) is 9.93. The standard InChI is InChI=1S/C21H29NO4/c23-20(7-8-21-25-9-4-10-26-21)17-11-18-14-24-15-19(12-17)22(18)13-16-5-2-1-3-6-16/h1-3,5-6,17-19,21H,4,7-15H2. The zero-order chi connectivity index (χ0) is 17.8. The van der Waals surface area contributed by atoms with Gasteiger partial charge in [-0.05, 0) is 24.8 Å². The lowest BCUT2D eigenvalue weighted by atomic mass is 9.81. The molecular weight excluding hydrogens is 330 g/mol. The predicted octanol–water partition coefficient (Wildman–Crippen LogP) is 2.78. The second-order valence-corrected chi connectivity index (χ2v) is 7.70. The van der Waals surface area contributed by atoms with Gasteiger partial charge in [0.1, 0.15) is 5.78 Å². The summed E-state index contributed by atoms with van der Waals surface area (Å²) in [5, 5.41) is 0. The quantitative estimate of drug-likeness (QED) is 0.782. The summed E-state index contributed by atoms with van der Waals surface area (Å²) in [7, 11) is 0. The Labute approximate surface area is 155 Å². The maximum absolute atomic E-state index is 12.8. The lowest BCUT2D eigenvalue weighted by Gasteiger charge is -2.48. The molecule has 0 N–H and O–H groups in total. The van der Waals surface area contributed by atoms with Crippen LogP contribution in [0.2, 0.25) is 0 Å². The first-order chi connectivity index (χ1) is 12.8. The molecule has 0 amide bonds. The minimum atomic E-state index is -0.186. The van der Waals surface area contributed by atoms with Crippen molar-refractivity contribution >= 4 is 5.78 Å². The number of benzene rings is 1. The van der Waals surface area contributed by atoms with Gasteiger partial charge in [0.05, 0.1) is 26.4 Å². The van der Waals surface area contributed by atoms with Crippen molar-refractivity contribution in [3.63, 3.8) is 0 Å². The van der Waals surface area contributed by atoms with Gasteiger partial charge in [-0.15, -0.1) is 0 Å². The van der Waals surface area contributed by atoms with Crippen LogP contribution in [0.25, 0.3) is 0 Å². The van der Waals surface area contributed by atoms with Crippen LogP contribution in [-0.4, -0.2) is 55.5 Å². The molecule has 1 aromatic rings. The molecule has 3 aliphatic rings. The van der Waals surface area contributed by atoms with E-state index < -0.39 is 0 Å². The summed E-state index contributed by atoms with van der Waals surface area (Å²) in [6.45, 7) is 3.92. The van der Waals surface area contributed by atoms with Crippen molar-refractivity contribution in [2.45, 2.75) is 57.0 Å². The molecule has 3 fully saturated rings. The van der Waals surface area contributed by atoms with Gasteiger partial charge in [-0.3, -0.25) is 9.69 Å². The number of ether oxygens (including phenoxy) is 3. The van der Waals surface area contributed by atoms with E-state index in [0.29, 0.717) is 30.7 Å².